The molecule has 1 aromatic carbocycles. The number of carbonyl (C=O) groups excluding carboxylic acids is 1. The first-order valence-corrected chi connectivity index (χ1v) is 8.03. The summed E-state index contributed by atoms with van der Waals surface area (Å²) in [5, 5.41) is -0.229. The first-order chi connectivity index (χ1) is 9.06. The molecule has 1 saturated heterocycles. The molecule has 2 aliphatic rings. The van der Waals surface area contributed by atoms with E-state index in [1.807, 2.05) is 0 Å². The van der Waals surface area contributed by atoms with E-state index in [1.54, 1.807) is 29.2 Å². The third-order valence-corrected chi connectivity index (χ3v) is 5.35. The highest BCUT2D eigenvalue weighted by Crippen LogP contribution is 2.30. The predicted octanol–water partition coefficient (Wildman–Crippen LogP) is 1.72. The highest BCUT2D eigenvalue weighted by Gasteiger charge is 2.35. The van der Waals surface area contributed by atoms with Crippen molar-refractivity contribution in [3.63, 3.8) is 0 Å². The second-order valence-electron chi connectivity index (χ2n) is 5.04. The van der Waals surface area contributed by atoms with E-state index in [2.05, 4.69) is 4.72 Å². The fourth-order valence-electron chi connectivity index (χ4n) is 2.26. The molecule has 5 nitrogen and oxygen atoms in total. The van der Waals surface area contributed by atoms with Crippen molar-refractivity contribution in [1.29, 1.82) is 0 Å². The molecule has 3 rings (SSSR count). The summed E-state index contributed by atoms with van der Waals surface area (Å²) in [6.07, 6.45) is 2.97. The molecule has 0 radical (unpaired) electrons. The fourth-order valence-corrected chi connectivity index (χ4v) is 3.64. The molecule has 2 fully saturated rings. The summed E-state index contributed by atoms with van der Waals surface area (Å²) in [6.45, 7) is 0.742. The van der Waals surface area contributed by atoms with Crippen molar-refractivity contribution >= 4 is 27.3 Å². The summed E-state index contributed by atoms with van der Waals surface area (Å²) < 4.78 is 26.1. The van der Waals surface area contributed by atoms with E-state index in [0.717, 1.165) is 31.5 Å². The van der Waals surface area contributed by atoms with Crippen LogP contribution in [0, 0.1) is 0 Å². The van der Waals surface area contributed by atoms with Crippen molar-refractivity contribution < 1.29 is 13.2 Å². The van der Waals surface area contributed by atoms with Gasteiger partial charge in [0.2, 0.25) is 15.9 Å². The lowest BCUT2D eigenvalue weighted by atomic mass is 10.2. The number of rotatable bonds is 4. The molecule has 1 amide bonds. The summed E-state index contributed by atoms with van der Waals surface area (Å²) >= 11 is 0. The fraction of sp³-hybridized carbons (Fsp3) is 0.462. The average Bonchev–Trinajstić information content (AvgIpc) is 3.14. The molecule has 0 spiro atoms. The number of hydrogen-bond acceptors (Lipinski definition) is 3. The number of nitrogens with zero attached hydrogens (tertiary/aromatic N) is 1. The van der Waals surface area contributed by atoms with Crippen LogP contribution in [0.15, 0.2) is 24.3 Å². The van der Waals surface area contributed by atoms with Crippen LogP contribution in [-0.4, -0.2) is 26.1 Å². The van der Waals surface area contributed by atoms with Crippen molar-refractivity contribution in [1.82, 2.24) is 0 Å². The Morgan fingerprint density at radius 1 is 1.16 bits per heavy atom. The first-order valence-electron chi connectivity index (χ1n) is 6.48. The zero-order chi connectivity index (χ0) is 13.5. The molecule has 1 N–H and O–H groups in total. The molecule has 102 valence electrons. The quantitative estimate of drug-likeness (QED) is 0.913. The maximum absolute atomic E-state index is 11.8. The second kappa shape index (κ2) is 4.52. The Balaban J connectivity index is 1.74. The average molecular weight is 280 g/mol. The number of carbonyl (C=O) groups is 1. The number of amides is 1. The maximum atomic E-state index is 11.8. The van der Waals surface area contributed by atoms with Crippen LogP contribution in [0.2, 0.25) is 0 Å². The molecule has 1 heterocycles. The molecule has 6 heteroatoms. The number of anilines is 2. The van der Waals surface area contributed by atoms with Crippen LogP contribution in [0.3, 0.4) is 0 Å². The largest absolute Gasteiger partial charge is 0.312 e. The van der Waals surface area contributed by atoms with E-state index >= 15 is 0 Å². The monoisotopic (exact) mass is 280 g/mol. The summed E-state index contributed by atoms with van der Waals surface area (Å²) in [5.74, 6) is 0.131. The SMILES string of the molecule is O=C1CCCN1c1ccc(NS(=O)(=O)C2CC2)cc1. The summed E-state index contributed by atoms with van der Waals surface area (Å²) in [7, 11) is -3.21. The van der Waals surface area contributed by atoms with Crippen LogP contribution >= 0.6 is 0 Å². The molecule has 1 aromatic rings. The standard InChI is InChI=1S/C13H16N2O3S/c16-13-2-1-9-15(13)11-5-3-10(4-6-11)14-19(17,18)12-7-8-12/h3-6,12,14H,1-2,7-9H2. The second-order valence-corrected chi connectivity index (χ2v) is 7.00. The van der Waals surface area contributed by atoms with Gasteiger partial charge < -0.3 is 4.90 Å². The number of hydrogen-bond donors (Lipinski definition) is 1. The molecule has 1 aliphatic heterocycles. The molecule has 0 aromatic heterocycles. The van der Waals surface area contributed by atoms with Crippen LogP contribution < -0.4 is 9.62 Å². The van der Waals surface area contributed by atoms with Crippen LogP contribution in [0.1, 0.15) is 25.7 Å². The molecule has 0 unspecified atom stereocenters. The van der Waals surface area contributed by atoms with Gasteiger partial charge in [-0.15, -0.1) is 0 Å². The normalized spacial score (nSPS) is 19.8. The van der Waals surface area contributed by atoms with Gasteiger partial charge in [-0.05, 0) is 43.5 Å². The van der Waals surface area contributed by atoms with E-state index < -0.39 is 10.0 Å². The van der Waals surface area contributed by atoms with Gasteiger partial charge in [-0.3, -0.25) is 9.52 Å². The summed E-state index contributed by atoms with van der Waals surface area (Å²) in [4.78, 5) is 13.3. The Kier molecular flexibility index (Phi) is 2.97. The lowest BCUT2D eigenvalue weighted by Crippen LogP contribution is -2.23. The Hall–Kier alpha value is -1.56. The molecular formula is C13H16N2O3S. The minimum Gasteiger partial charge on any atom is -0.312 e. The van der Waals surface area contributed by atoms with Gasteiger partial charge in [0, 0.05) is 24.3 Å². The van der Waals surface area contributed by atoms with Gasteiger partial charge in [0.15, 0.2) is 0 Å². The Morgan fingerprint density at radius 2 is 1.84 bits per heavy atom. The van der Waals surface area contributed by atoms with E-state index in [4.69, 9.17) is 0 Å². The van der Waals surface area contributed by atoms with Gasteiger partial charge >= 0.3 is 0 Å². The third-order valence-electron chi connectivity index (χ3n) is 3.48. The third kappa shape index (κ3) is 2.58. The maximum Gasteiger partial charge on any atom is 0.235 e. The van der Waals surface area contributed by atoms with Gasteiger partial charge in [0.05, 0.1) is 5.25 Å². The van der Waals surface area contributed by atoms with Gasteiger partial charge in [0.1, 0.15) is 0 Å². The minimum absolute atomic E-state index is 0.131. The number of benzene rings is 1. The van der Waals surface area contributed by atoms with Crippen LogP contribution in [0.25, 0.3) is 0 Å². The van der Waals surface area contributed by atoms with Crippen molar-refractivity contribution in [2.75, 3.05) is 16.2 Å². The highest BCUT2D eigenvalue weighted by molar-refractivity contribution is 7.93. The first kappa shape index (κ1) is 12.5. The molecule has 0 atom stereocenters. The van der Waals surface area contributed by atoms with E-state index in [1.165, 1.54) is 0 Å². The Labute approximate surface area is 112 Å². The lowest BCUT2D eigenvalue weighted by Gasteiger charge is -2.16. The van der Waals surface area contributed by atoms with Gasteiger partial charge in [0.25, 0.3) is 0 Å². The van der Waals surface area contributed by atoms with Crippen molar-refractivity contribution in [3.05, 3.63) is 24.3 Å². The van der Waals surface area contributed by atoms with Crippen molar-refractivity contribution in [2.24, 2.45) is 0 Å². The zero-order valence-electron chi connectivity index (χ0n) is 10.5. The Morgan fingerprint density at radius 3 is 2.37 bits per heavy atom. The van der Waals surface area contributed by atoms with E-state index in [0.29, 0.717) is 12.1 Å². The van der Waals surface area contributed by atoms with E-state index in [-0.39, 0.29) is 11.2 Å². The Bertz CT molecular complexity index is 591. The molecule has 1 saturated carbocycles. The highest BCUT2D eigenvalue weighted by atomic mass is 32.2. The lowest BCUT2D eigenvalue weighted by molar-refractivity contribution is -0.117. The summed E-state index contributed by atoms with van der Waals surface area (Å²) in [6, 6.07) is 6.99. The smallest absolute Gasteiger partial charge is 0.235 e. The molecule has 1 aliphatic carbocycles. The van der Waals surface area contributed by atoms with Gasteiger partial charge in [-0.25, -0.2) is 8.42 Å². The van der Waals surface area contributed by atoms with Crippen molar-refractivity contribution in [3.8, 4) is 0 Å². The van der Waals surface area contributed by atoms with Gasteiger partial charge in [-0.2, -0.15) is 0 Å². The molecule has 0 bridgehead atoms. The van der Waals surface area contributed by atoms with Crippen molar-refractivity contribution in [2.45, 2.75) is 30.9 Å². The molecule has 19 heavy (non-hydrogen) atoms. The summed E-state index contributed by atoms with van der Waals surface area (Å²) in [5.41, 5.74) is 1.39. The predicted molar refractivity (Wildman–Crippen MR) is 73.6 cm³/mol. The zero-order valence-corrected chi connectivity index (χ0v) is 11.3. The van der Waals surface area contributed by atoms with E-state index in [9.17, 15) is 13.2 Å². The van der Waals surface area contributed by atoms with Gasteiger partial charge in [-0.1, -0.05) is 0 Å². The molecular weight excluding hydrogens is 264 g/mol. The van der Waals surface area contributed by atoms with Crippen LogP contribution in [0.5, 0.6) is 0 Å². The minimum atomic E-state index is -3.21. The topological polar surface area (TPSA) is 66.5 Å². The number of sulfonamides is 1. The number of nitrogens with one attached hydrogen (secondary N) is 1. The van der Waals surface area contributed by atoms with Crippen LogP contribution in [0.4, 0.5) is 11.4 Å². The van der Waals surface area contributed by atoms with Crippen LogP contribution in [-0.2, 0) is 14.8 Å².